The summed E-state index contributed by atoms with van der Waals surface area (Å²) in [5, 5.41) is 13.4. The van der Waals surface area contributed by atoms with Gasteiger partial charge in [0.1, 0.15) is 0 Å². The monoisotopic (exact) mass is 482 g/mol. The van der Waals surface area contributed by atoms with Gasteiger partial charge in [0, 0.05) is 33.9 Å². The second-order valence-corrected chi connectivity index (χ2v) is 8.19. The van der Waals surface area contributed by atoms with Crippen LogP contribution < -0.4 is 21.3 Å². The zero-order valence-electron chi connectivity index (χ0n) is 18.1. The zero-order valence-corrected chi connectivity index (χ0v) is 19.8. The van der Waals surface area contributed by atoms with Gasteiger partial charge in [-0.3, -0.25) is 4.79 Å². The third-order valence-corrected chi connectivity index (χ3v) is 5.28. The zero-order chi connectivity index (χ0) is 23.8. The van der Waals surface area contributed by atoms with E-state index in [1.165, 1.54) is 0 Å². The van der Waals surface area contributed by atoms with Crippen molar-refractivity contribution in [2.45, 2.75) is 0 Å². The van der Waals surface area contributed by atoms with Crippen LogP contribution >= 0.6 is 24.4 Å². The van der Waals surface area contributed by atoms with E-state index in [-0.39, 0.29) is 5.78 Å². The van der Waals surface area contributed by atoms with Crippen molar-refractivity contribution in [3.8, 4) is 0 Å². The Morgan fingerprint density at radius 2 is 0.735 bits per heavy atom. The molecule has 0 atom stereocenters. The van der Waals surface area contributed by atoms with Crippen LogP contribution in [0.1, 0.15) is 15.9 Å². The first-order chi connectivity index (χ1) is 16.6. The average Bonchev–Trinajstić information content (AvgIpc) is 2.86. The van der Waals surface area contributed by atoms with Crippen LogP contribution in [0.3, 0.4) is 0 Å². The number of ketones is 1. The summed E-state index contributed by atoms with van der Waals surface area (Å²) in [6.07, 6.45) is 0. The molecule has 0 aliphatic rings. The van der Waals surface area contributed by atoms with Crippen LogP contribution in [0, 0.1) is 0 Å². The minimum Gasteiger partial charge on any atom is -0.332 e. The second-order valence-electron chi connectivity index (χ2n) is 7.37. The van der Waals surface area contributed by atoms with E-state index < -0.39 is 0 Å². The fraction of sp³-hybridized carbons (Fsp3) is 0. The highest BCUT2D eigenvalue weighted by molar-refractivity contribution is 7.81. The van der Waals surface area contributed by atoms with Crippen LogP contribution in [0.15, 0.2) is 109 Å². The van der Waals surface area contributed by atoms with E-state index in [9.17, 15) is 4.79 Å². The summed E-state index contributed by atoms with van der Waals surface area (Å²) in [6.45, 7) is 0. The van der Waals surface area contributed by atoms with E-state index in [4.69, 9.17) is 24.4 Å². The lowest BCUT2D eigenvalue weighted by atomic mass is 10.0. The molecule has 0 heterocycles. The number of hydrogen-bond donors (Lipinski definition) is 4. The van der Waals surface area contributed by atoms with Gasteiger partial charge in [0.05, 0.1) is 0 Å². The van der Waals surface area contributed by atoms with Crippen LogP contribution in [-0.4, -0.2) is 16.0 Å². The number of thiocarbonyl (C=S) groups is 2. The van der Waals surface area contributed by atoms with Gasteiger partial charge in [0.15, 0.2) is 16.0 Å². The van der Waals surface area contributed by atoms with Crippen molar-refractivity contribution in [2.24, 2.45) is 0 Å². The molecule has 0 bridgehead atoms. The van der Waals surface area contributed by atoms with Crippen molar-refractivity contribution >= 4 is 63.2 Å². The van der Waals surface area contributed by atoms with Crippen molar-refractivity contribution in [1.82, 2.24) is 0 Å². The van der Waals surface area contributed by atoms with Gasteiger partial charge in [-0.1, -0.05) is 36.4 Å². The number of benzene rings is 4. The number of rotatable bonds is 6. The van der Waals surface area contributed by atoms with Gasteiger partial charge < -0.3 is 21.3 Å². The number of para-hydroxylation sites is 2. The Hall–Kier alpha value is -4.07. The van der Waals surface area contributed by atoms with E-state index in [1.54, 1.807) is 24.3 Å². The third-order valence-electron chi connectivity index (χ3n) is 4.87. The normalized spacial score (nSPS) is 10.1. The second kappa shape index (κ2) is 11.2. The number of carbonyl (C=O) groups excluding carboxylic acids is 1. The molecule has 0 unspecified atom stereocenters. The van der Waals surface area contributed by atoms with E-state index in [0.717, 1.165) is 22.7 Å². The summed E-state index contributed by atoms with van der Waals surface area (Å²) in [5.74, 6) is -0.0620. The van der Waals surface area contributed by atoms with Crippen LogP contribution in [0.25, 0.3) is 0 Å². The summed E-state index contributed by atoms with van der Waals surface area (Å²) in [6, 6.07) is 33.8. The summed E-state index contributed by atoms with van der Waals surface area (Å²) < 4.78 is 0. The molecule has 0 saturated heterocycles. The number of anilines is 4. The highest BCUT2D eigenvalue weighted by atomic mass is 32.1. The Balaban J connectivity index is 1.32. The van der Waals surface area contributed by atoms with E-state index in [0.29, 0.717) is 21.4 Å². The lowest BCUT2D eigenvalue weighted by Gasteiger charge is -2.11. The smallest absolute Gasteiger partial charge is 0.193 e. The highest BCUT2D eigenvalue weighted by Crippen LogP contribution is 2.17. The van der Waals surface area contributed by atoms with Crippen molar-refractivity contribution < 1.29 is 4.79 Å². The van der Waals surface area contributed by atoms with Crippen LogP contribution in [0.4, 0.5) is 22.7 Å². The predicted molar refractivity (Wildman–Crippen MR) is 149 cm³/mol. The molecule has 4 rings (SSSR count). The van der Waals surface area contributed by atoms with E-state index >= 15 is 0 Å². The van der Waals surface area contributed by atoms with Crippen molar-refractivity contribution in [3.05, 3.63) is 120 Å². The van der Waals surface area contributed by atoms with Gasteiger partial charge in [-0.2, -0.15) is 0 Å². The minimum atomic E-state index is -0.0620. The minimum absolute atomic E-state index is 0.0620. The average molecular weight is 483 g/mol. The van der Waals surface area contributed by atoms with Crippen molar-refractivity contribution in [1.29, 1.82) is 0 Å². The lowest BCUT2D eigenvalue weighted by Crippen LogP contribution is -2.19. The molecule has 7 heteroatoms. The standard InChI is InChI=1S/C27H22N4OS2/c32-25(19-11-15-23(16-12-19)30-26(33)28-21-7-3-1-4-8-21)20-13-17-24(18-14-20)31-27(34)29-22-9-5-2-6-10-22/h1-18H,(H2,28,30,33)(H2,29,31,34). The lowest BCUT2D eigenvalue weighted by molar-refractivity contribution is 0.103. The largest absolute Gasteiger partial charge is 0.332 e. The van der Waals surface area contributed by atoms with Crippen LogP contribution in [0.2, 0.25) is 0 Å². The van der Waals surface area contributed by atoms with Gasteiger partial charge in [-0.25, -0.2) is 0 Å². The Morgan fingerprint density at radius 1 is 0.441 bits per heavy atom. The maximum Gasteiger partial charge on any atom is 0.193 e. The SMILES string of the molecule is O=C(c1ccc(NC(=S)Nc2ccccc2)cc1)c1ccc(NC(=S)Nc2ccccc2)cc1. The molecule has 0 spiro atoms. The Bertz CT molecular complexity index is 1180. The summed E-state index contributed by atoms with van der Waals surface area (Å²) >= 11 is 10.7. The van der Waals surface area contributed by atoms with Crippen LogP contribution in [0.5, 0.6) is 0 Å². The Morgan fingerprint density at radius 3 is 1.06 bits per heavy atom. The molecule has 5 nitrogen and oxygen atoms in total. The van der Waals surface area contributed by atoms with Crippen LogP contribution in [-0.2, 0) is 0 Å². The number of carbonyl (C=O) groups is 1. The number of nitrogens with one attached hydrogen (secondary N) is 4. The van der Waals surface area contributed by atoms with E-state index in [1.807, 2.05) is 84.9 Å². The Kier molecular flexibility index (Phi) is 7.60. The fourth-order valence-electron chi connectivity index (χ4n) is 3.21. The molecule has 4 aromatic carbocycles. The van der Waals surface area contributed by atoms with Gasteiger partial charge in [-0.05, 0) is 97.2 Å². The van der Waals surface area contributed by atoms with Gasteiger partial charge in [0.25, 0.3) is 0 Å². The first-order valence-electron chi connectivity index (χ1n) is 10.6. The molecule has 0 radical (unpaired) electrons. The molecule has 0 aliphatic heterocycles. The molecule has 168 valence electrons. The first kappa shape index (κ1) is 23.1. The van der Waals surface area contributed by atoms with E-state index in [2.05, 4.69) is 21.3 Å². The molecule has 0 aliphatic carbocycles. The molecule has 4 aromatic rings. The van der Waals surface area contributed by atoms with Gasteiger partial charge in [0.2, 0.25) is 0 Å². The quantitative estimate of drug-likeness (QED) is 0.184. The van der Waals surface area contributed by atoms with Gasteiger partial charge in [-0.15, -0.1) is 0 Å². The summed E-state index contributed by atoms with van der Waals surface area (Å²) in [7, 11) is 0. The molecule has 0 aromatic heterocycles. The third kappa shape index (κ3) is 6.48. The highest BCUT2D eigenvalue weighted by Gasteiger charge is 2.10. The topological polar surface area (TPSA) is 65.2 Å². The summed E-state index contributed by atoms with van der Waals surface area (Å²) in [4.78, 5) is 12.9. The molecule has 0 amide bonds. The first-order valence-corrected chi connectivity index (χ1v) is 11.4. The summed E-state index contributed by atoms with van der Waals surface area (Å²) in [5.41, 5.74) is 4.58. The Labute approximate surface area is 209 Å². The number of hydrogen-bond acceptors (Lipinski definition) is 3. The molecular formula is C27H22N4OS2. The molecule has 34 heavy (non-hydrogen) atoms. The molecular weight excluding hydrogens is 460 g/mol. The maximum atomic E-state index is 12.9. The molecule has 4 N–H and O–H groups in total. The fourth-order valence-corrected chi connectivity index (χ4v) is 3.68. The van der Waals surface area contributed by atoms with Crippen molar-refractivity contribution in [3.63, 3.8) is 0 Å². The maximum absolute atomic E-state index is 12.9. The van der Waals surface area contributed by atoms with Gasteiger partial charge >= 0.3 is 0 Å². The van der Waals surface area contributed by atoms with Crippen molar-refractivity contribution in [2.75, 3.05) is 21.3 Å². The predicted octanol–water partition coefficient (Wildman–Crippen LogP) is 6.54. The molecule has 0 fully saturated rings. The molecule has 0 saturated carbocycles.